The fraction of sp³-hybridized carbons (Fsp3) is 0.455. The van der Waals surface area contributed by atoms with Gasteiger partial charge in [-0.2, -0.15) is 0 Å². The highest BCUT2D eigenvalue weighted by molar-refractivity contribution is 6.31. The predicted molar refractivity (Wildman–Crippen MR) is 60.0 cm³/mol. The van der Waals surface area contributed by atoms with Crippen LogP contribution in [0.4, 0.5) is 0 Å². The highest BCUT2D eigenvalue weighted by atomic mass is 35.5. The third kappa shape index (κ3) is 3.20. The maximum absolute atomic E-state index is 5.89. The highest BCUT2D eigenvalue weighted by Crippen LogP contribution is 2.20. The molecule has 0 heterocycles. The maximum Gasteiger partial charge on any atom is 0.119 e. The lowest BCUT2D eigenvalue weighted by Gasteiger charge is -2.11. The van der Waals surface area contributed by atoms with Crippen molar-refractivity contribution in [3.05, 3.63) is 28.8 Å². The van der Waals surface area contributed by atoms with Gasteiger partial charge in [0.05, 0.1) is 0 Å². The molecule has 2 nitrogen and oxygen atoms in total. The fourth-order valence-electron chi connectivity index (χ4n) is 1.03. The summed E-state index contributed by atoms with van der Waals surface area (Å²) in [6.45, 7) is 4.55. The lowest BCUT2D eigenvalue weighted by atomic mass is 10.2. The Morgan fingerprint density at radius 1 is 1.50 bits per heavy atom. The van der Waals surface area contributed by atoms with Crippen LogP contribution in [-0.4, -0.2) is 12.6 Å². The molecule has 0 fully saturated rings. The zero-order chi connectivity index (χ0) is 10.6. The summed E-state index contributed by atoms with van der Waals surface area (Å²) in [7, 11) is 0. The summed E-state index contributed by atoms with van der Waals surface area (Å²) >= 11 is 5.89. The number of rotatable bonds is 4. The number of halogens is 1. The van der Waals surface area contributed by atoms with Crippen LogP contribution in [0.2, 0.25) is 5.02 Å². The molecule has 0 aliphatic rings. The van der Waals surface area contributed by atoms with Gasteiger partial charge in [-0.1, -0.05) is 18.5 Å². The molecule has 1 atom stereocenters. The Hall–Kier alpha value is -0.730. The Balaban J connectivity index is 2.55. The Bertz CT molecular complexity index is 301. The van der Waals surface area contributed by atoms with Crippen molar-refractivity contribution in [2.24, 2.45) is 5.73 Å². The minimum atomic E-state index is 0.103. The van der Waals surface area contributed by atoms with Crippen LogP contribution in [0.3, 0.4) is 0 Å². The number of nitrogens with two attached hydrogens (primary N) is 1. The normalized spacial score (nSPS) is 12.6. The van der Waals surface area contributed by atoms with Crippen molar-refractivity contribution in [2.75, 3.05) is 6.61 Å². The van der Waals surface area contributed by atoms with Crippen LogP contribution in [0.1, 0.15) is 18.9 Å². The van der Waals surface area contributed by atoms with E-state index in [0.717, 1.165) is 22.8 Å². The first-order chi connectivity index (χ1) is 6.63. The van der Waals surface area contributed by atoms with E-state index in [1.165, 1.54) is 0 Å². The van der Waals surface area contributed by atoms with Gasteiger partial charge in [-0.3, -0.25) is 0 Å². The van der Waals surface area contributed by atoms with Crippen LogP contribution < -0.4 is 10.5 Å². The largest absolute Gasteiger partial charge is 0.492 e. The van der Waals surface area contributed by atoms with Gasteiger partial charge >= 0.3 is 0 Å². The second-order valence-corrected chi connectivity index (χ2v) is 3.80. The van der Waals surface area contributed by atoms with Gasteiger partial charge in [0.2, 0.25) is 0 Å². The molecule has 0 aliphatic carbocycles. The second-order valence-electron chi connectivity index (χ2n) is 3.39. The molecule has 1 rings (SSSR count). The minimum absolute atomic E-state index is 0.103. The third-order valence-electron chi connectivity index (χ3n) is 2.12. The van der Waals surface area contributed by atoms with Gasteiger partial charge in [-0.05, 0) is 37.1 Å². The molecule has 0 spiro atoms. The molecule has 0 radical (unpaired) electrons. The zero-order valence-electron chi connectivity index (χ0n) is 8.59. The zero-order valence-corrected chi connectivity index (χ0v) is 9.34. The van der Waals surface area contributed by atoms with Crippen molar-refractivity contribution in [3.63, 3.8) is 0 Å². The molecule has 0 aliphatic heterocycles. The fourth-order valence-corrected chi connectivity index (χ4v) is 1.15. The minimum Gasteiger partial charge on any atom is -0.492 e. The third-order valence-corrected chi connectivity index (χ3v) is 2.54. The standard InChI is InChI=1S/C11H16ClNO/c1-3-9(13)7-14-10-4-5-11(12)8(2)6-10/h4-6,9H,3,7,13H2,1-2H3. The summed E-state index contributed by atoms with van der Waals surface area (Å²) in [6, 6.07) is 5.72. The summed E-state index contributed by atoms with van der Waals surface area (Å²) in [5.74, 6) is 0.829. The van der Waals surface area contributed by atoms with Crippen molar-refractivity contribution in [3.8, 4) is 5.75 Å². The molecule has 2 N–H and O–H groups in total. The molecule has 14 heavy (non-hydrogen) atoms. The van der Waals surface area contributed by atoms with E-state index in [0.29, 0.717) is 6.61 Å². The number of hydrogen-bond donors (Lipinski definition) is 1. The van der Waals surface area contributed by atoms with Crippen molar-refractivity contribution in [1.82, 2.24) is 0 Å². The average molecular weight is 214 g/mol. The number of benzene rings is 1. The summed E-state index contributed by atoms with van der Waals surface area (Å²) in [6.07, 6.45) is 0.923. The van der Waals surface area contributed by atoms with E-state index in [1.807, 2.05) is 32.0 Å². The first-order valence-corrected chi connectivity index (χ1v) is 5.15. The van der Waals surface area contributed by atoms with E-state index < -0.39 is 0 Å². The molecule has 0 aromatic heterocycles. The predicted octanol–water partition coefficient (Wildman–Crippen LogP) is 2.76. The van der Waals surface area contributed by atoms with Crippen LogP contribution in [0.5, 0.6) is 5.75 Å². The van der Waals surface area contributed by atoms with Crippen molar-refractivity contribution >= 4 is 11.6 Å². The second kappa shape index (κ2) is 5.23. The molecule has 0 saturated carbocycles. The van der Waals surface area contributed by atoms with Gasteiger partial charge in [-0.15, -0.1) is 0 Å². The summed E-state index contributed by atoms with van der Waals surface area (Å²) in [5, 5.41) is 0.761. The van der Waals surface area contributed by atoms with Gasteiger partial charge in [0.1, 0.15) is 12.4 Å². The maximum atomic E-state index is 5.89. The van der Waals surface area contributed by atoms with Gasteiger partial charge in [0.25, 0.3) is 0 Å². The monoisotopic (exact) mass is 213 g/mol. The summed E-state index contributed by atoms with van der Waals surface area (Å²) < 4.78 is 5.51. The van der Waals surface area contributed by atoms with Crippen LogP contribution in [0, 0.1) is 6.92 Å². The molecule has 1 unspecified atom stereocenters. The van der Waals surface area contributed by atoms with Gasteiger partial charge in [-0.25, -0.2) is 0 Å². The van der Waals surface area contributed by atoms with Crippen LogP contribution in [0.15, 0.2) is 18.2 Å². The van der Waals surface area contributed by atoms with E-state index in [4.69, 9.17) is 22.1 Å². The molecule has 1 aromatic carbocycles. The first-order valence-electron chi connectivity index (χ1n) is 4.78. The first kappa shape index (κ1) is 11.3. The van der Waals surface area contributed by atoms with E-state index in [2.05, 4.69) is 0 Å². The molecule has 0 bridgehead atoms. The summed E-state index contributed by atoms with van der Waals surface area (Å²) in [4.78, 5) is 0. The molecule has 0 amide bonds. The lowest BCUT2D eigenvalue weighted by Crippen LogP contribution is -2.26. The molecular weight excluding hydrogens is 198 g/mol. The van der Waals surface area contributed by atoms with Crippen LogP contribution >= 0.6 is 11.6 Å². The average Bonchev–Trinajstić information content (AvgIpc) is 2.19. The van der Waals surface area contributed by atoms with E-state index >= 15 is 0 Å². The number of hydrogen-bond acceptors (Lipinski definition) is 2. The van der Waals surface area contributed by atoms with Gasteiger partial charge in [0, 0.05) is 11.1 Å². The Morgan fingerprint density at radius 2 is 2.21 bits per heavy atom. The Labute approximate surface area is 90.0 Å². The van der Waals surface area contributed by atoms with Crippen molar-refractivity contribution in [1.29, 1.82) is 0 Å². The SMILES string of the molecule is CCC(N)COc1ccc(Cl)c(C)c1. The smallest absolute Gasteiger partial charge is 0.119 e. The number of ether oxygens (including phenoxy) is 1. The van der Waals surface area contributed by atoms with Gasteiger partial charge < -0.3 is 10.5 Å². The molecular formula is C11H16ClNO. The molecule has 0 saturated heterocycles. The van der Waals surface area contributed by atoms with E-state index in [-0.39, 0.29) is 6.04 Å². The van der Waals surface area contributed by atoms with Crippen LogP contribution in [0.25, 0.3) is 0 Å². The van der Waals surface area contributed by atoms with Crippen LogP contribution in [-0.2, 0) is 0 Å². The topological polar surface area (TPSA) is 35.2 Å². The van der Waals surface area contributed by atoms with E-state index in [1.54, 1.807) is 0 Å². The number of aryl methyl sites for hydroxylation is 1. The van der Waals surface area contributed by atoms with Crippen molar-refractivity contribution < 1.29 is 4.74 Å². The molecule has 1 aromatic rings. The Morgan fingerprint density at radius 3 is 2.79 bits per heavy atom. The quantitative estimate of drug-likeness (QED) is 0.835. The molecule has 3 heteroatoms. The Kier molecular flexibility index (Phi) is 4.23. The summed E-state index contributed by atoms with van der Waals surface area (Å²) in [5.41, 5.74) is 6.76. The lowest BCUT2D eigenvalue weighted by molar-refractivity contribution is 0.285. The van der Waals surface area contributed by atoms with Gasteiger partial charge in [0.15, 0.2) is 0 Å². The molecule has 78 valence electrons. The van der Waals surface area contributed by atoms with E-state index in [9.17, 15) is 0 Å². The highest BCUT2D eigenvalue weighted by Gasteiger charge is 2.02. The van der Waals surface area contributed by atoms with Crippen molar-refractivity contribution in [2.45, 2.75) is 26.3 Å².